The molecule has 0 aromatic carbocycles. The molecule has 0 aromatic rings. The predicted molar refractivity (Wildman–Crippen MR) is 120 cm³/mol. The number of unbranched alkanes of at least 4 members (excludes halogenated alkanes) is 11. The maximum atomic E-state index is 11.5. The number of carbonyl (C=O) groups is 1. The third-order valence-corrected chi connectivity index (χ3v) is 5.00. The van der Waals surface area contributed by atoms with Crippen molar-refractivity contribution in [2.45, 2.75) is 103 Å². The summed E-state index contributed by atoms with van der Waals surface area (Å²) in [4.78, 5) is 28.6. The van der Waals surface area contributed by atoms with Crippen LogP contribution in [0.15, 0.2) is 12.2 Å². The number of rotatable bonds is 20. The Hall–Kier alpha value is 0.280. The molecule has 7 nitrogen and oxygen atoms in total. The molecule has 1 radical (unpaired) electrons. The number of ether oxygens (including phenoxy) is 1. The van der Waals surface area contributed by atoms with E-state index in [0.29, 0.717) is 0 Å². The molecule has 0 aliphatic carbocycles. The Bertz CT molecular complexity index is 468. The van der Waals surface area contributed by atoms with Crippen LogP contribution >= 0.6 is 7.82 Å². The van der Waals surface area contributed by atoms with Gasteiger partial charge in [-0.05, 0) is 32.1 Å². The Morgan fingerprint density at radius 3 is 1.90 bits per heavy atom. The van der Waals surface area contributed by atoms with Crippen molar-refractivity contribution in [2.75, 3.05) is 13.2 Å². The van der Waals surface area contributed by atoms with E-state index in [9.17, 15) is 14.5 Å². The first-order valence-electron chi connectivity index (χ1n) is 11.0. The molecule has 0 bridgehead atoms. The van der Waals surface area contributed by atoms with Gasteiger partial charge in [0.05, 0.1) is 6.61 Å². The Kier molecular flexibility index (Phi) is 24.3. The first-order chi connectivity index (χ1) is 13.8. The zero-order chi connectivity index (χ0) is 21.8. The van der Waals surface area contributed by atoms with Crippen molar-refractivity contribution in [3.05, 3.63) is 12.2 Å². The molecule has 0 aliphatic rings. The number of phosphoric ester groups is 1. The van der Waals surface area contributed by atoms with Gasteiger partial charge in [-0.1, -0.05) is 70.4 Å². The second-order valence-electron chi connectivity index (χ2n) is 7.46. The number of carbonyl (C=O) groups excluding carboxylic acids is 1. The normalized spacial score (nSPS) is 12.7. The molecule has 173 valence electrons. The third-order valence-electron chi connectivity index (χ3n) is 4.51. The minimum absolute atomic E-state index is 0. The van der Waals surface area contributed by atoms with Gasteiger partial charge >= 0.3 is 13.8 Å². The third kappa shape index (κ3) is 26.3. The summed E-state index contributed by atoms with van der Waals surface area (Å²) in [5.41, 5.74) is 0. The van der Waals surface area contributed by atoms with Crippen LogP contribution in [0.25, 0.3) is 0 Å². The number of allylic oxidation sites excluding steroid dienone is 2. The average Bonchev–Trinajstić information content (AvgIpc) is 2.67. The fraction of sp³-hybridized carbons (Fsp3) is 0.857. The van der Waals surface area contributed by atoms with Crippen molar-refractivity contribution in [3.8, 4) is 0 Å². The van der Waals surface area contributed by atoms with Crippen molar-refractivity contribution in [2.24, 2.45) is 0 Å². The molecule has 0 heterocycles. The zero-order valence-electron chi connectivity index (χ0n) is 19.0. The van der Waals surface area contributed by atoms with E-state index >= 15 is 0 Å². The molecule has 0 aromatic heterocycles. The van der Waals surface area contributed by atoms with E-state index in [4.69, 9.17) is 14.5 Å². The number of phosphoric acid groups is 1. The van der Waals surface area contributed by atoms with Crippen LogP contribution in [0.1, 0.15) is 96.8 Å². The molecular formula is C21H41NaO7P. The van der Waals surface area contributed by atoms with Crippen molar-refractivity contribution < 1.29 is 33.5 Å². The van der Waals surface area contributed by atoms with Crippen LogP contribution in [-0.4, -0.2) is 69.7 Å². The monoisotopic (exact) mass is 459 g/mol. The summed E-state index contributed by atoms with van der Waals surface area (Å²) in [6.45, 7) is 1.33. The first kappa shape index (κ1) is 32.5. The van der Waals surface area contributed by atoms with Gasteiger partial charge in [-0.2, -0.15) is 0 Å². The molecule has 30 heavy (non-hydrogen) atoms. The number of hydrogen-bond acceptors (Lipinski definition) is 5. The maximum Gasteiger partial charge on any atom is 0.469 e. The van der Waals surface area contributed by atoms with Crippen molar-refractivity contribution in [3.63, 3.8) is 0 Å². The van der Waals surface area contributed by atoms with Gasteiger partial charge in [-0.3, -0.25) is 9.32 Å². The standard InChI is InChI=1S/C21H41O7P.Na/c1-2-3-4-5-6-7-8-9-10-11-12-13-14-15-16-17-21(23)27-18-20(22)19-28-29(24,25)26;/h9-10,20,22H,2-8,11-19H2,1H3,(H2,24,25,26);/b10-9+;. The average molecular weight is 460 g/mol. The minimum Gasteiger partial charge on any atom is -0.463 e. The quantitative estimate of drug-likeness (QED) is 0.0798. The summed E-state index contributed by atoms with van der Waals surface area (Å²) in [7, 11) is -4.62. The molecule has 9 heteroatoms. The fourth-order valence-electron chi connectivity index (χ4n) is 2.83. The van der Waals surface area contributed by atoms with Gasteiger partial charge in [0.15, 0.2) is 0 Å². The Labute approximate surface area is 204 Å². The first-order valence-corrected chi connectivity index (χ1v) is 12.6. The van der Waals surface area contributed by atoms with Gasteiger partial charge in [0, 0.05) is 36.0 Å². The van der Waals surface area contributed by atoms with Crippen LogP contribution in [0.4, 0.5) is 0 Å². The van der Waals surface area contributed by atoms with E-state index in [1.807, 2.05) is 0 Å². The fourth-order valence-corrected chi connectivity index (χ4v) is 3.20. The molecule has 1 unspecified atom stereocenters. The van der Waals surface area contributed by atoms with Crippen LogP contribution in [0, 0.1) is 0 Å². The van der Waals surface area contributed by atoms with E-state index in [2.05, 4.69) is 23.6 Å². The van der Waals surface area contributed by atoms with Crippen LogP contribution in [-0.2, 0) is 18.6 Å². The Balaban J connectivity index is 0. The van der Waals surface area contributed by atoms with Gasteiger partial charge in [-0.25, -0.2) is 4.57 Å². The Morgan fingerprint density at radius 1 is 0.867 bits per heavy atom. The summed E-state index contributed by atoms with van der Waals surface area (Å²) >= 11 is 0. The van der Waals surface area contributed by atoms with Crippen LogP contribution < -0.4 is 0 Å². The molecule has 0 fully saturated rings. The molecular weight excluding hydrogens is 418 g/mol. The topological polar surface area (TPSA) is 113 Å². The predicted octanol–water partition coefficient (Wildman–Crippen LogP) is 4.66. The van der Waals surface area contributed by atoms with E-state index in [-0.39, 0.29) is 42.6 Å². The maximum absolute atomic E-state index is 11.5. The smallest absolute Gasteiger partial charge is 0.463 e. The van der Waals surface area contributed by atoms with E-state index in [1.54, 1.807) is 0 Å². The van der Waals surface area contributed by atoms with Gasteiger partial charge in [0.25, 0.3) is 0 Å². The SMILES string of the molecule is CCCCCCCC/C=C/CCCCCCCC(=O)OCC(O)COP(=O)(O)O.[Na]. The van der Waals surface area contributed by atoms with E-state index in [0.717, 1.165) is 32.1 Å². The number of hydrogen-bond donors (Lipinski definition) is 3. The van der Waals surface area contributed by atoms with Crippen LogP contribution in [0.2, 0.25) is 0 Å². The van der Waals surface area contributed by atoms with Gasteiger partial charge < -0.3 is 19.6 Å². The minimum atomic E-state index is -4.62. The molecule has 1 atom stereocenters. The van der Waals surface area contributed by atoms with E-state index in [1.165, 1.54) is 51.4 Å². The summed E-state index contributed by atoms with van der Waals surface area (Å²) in [5, 5.41) is 9.41. The number of esters is 1. The van der Waals surface area contributed by atoms with Crippen molar-refractivity contribution in [1.82, 2.24) is 0 Å². The molecule has 0 aliphatic heterocycles. The van der Waals surface area contributed by atoms with Gasteiger partial charge in [0.1, 0.15) is 12.7 Å². The number of aliphatic hydroxyl groups excluding tert-OH is 1. The summed E-state index contributed by atoms with van der Waals surface area (Å²) in [6, 6.07) is 0. The molecule has 0 amide bonds. The molecule has 0 saturated carbocycles. The van der Waals surface area contributed by atoms with Crippen LogP contribution in [0.3, 0.4) is 0 Å². The Morgan fingerprint density at radius 2 is 1.37 bits per heavy atom. The summed E-state index contributed by atoms with van der Waals surface area (Å²) in [6.07, 6.45) is 19.0. The molecule has 0 rings (SSSR count). The second kappa shape index (κ2) is 22.5. The number of aliphatic hydroxyl groups is 1. The summed E-state index contributed by atoms with van der Waals surface area (Å²) in [5.74, 6) is -0.419. The van der Waals surface area contributed by atoms with Crippen molar-refractivity contribution in [1.29, 1.82) is 0 Å². The molecule has 3 N–H and O–H groups in total. The second-order valence-corrected chi connectivity index (χ2v) is 8.70. The van der Waals surface area contributed by atoms with Crippen LogP contribution in [0.5, 0.6) is 0 Å². The van der Waals surface area contributed by atoms with E-state index < -0.39 is 26.5 Å². The van der Waals surface area contributed by atoms with Crippen molar-refractivity contribution >= 4 is 43.3 Å². The molecule has 0 spiro atoms. The van der Waals surface area contributed by atoms with Gasteiger partial charge in [0.2, 0.25) is 0 Å². The zero-order valence-corrected chi connectivity index (χ0v) is 21.9. The summed E-state index contributed by atoms with van der Waals surface area (Å²) < 4.78 is 19.5. The largest absolute Gasteiger partial charge is 0.469 e. The molecule has 0 saturated heterocycles. The van der Waals surface area contributed by atoms with Gasteiger partial charge in [-0.15, -0.1) is 0 Å².